The molecule has 1 aliphatic rings. The molecule has 22 heavy (non-hydrogen) atoms. The largest absolute Gasteiger partial charge is 0.342 e. The Kier molecular flexibility index (Phi) is 5.12. The van der Waals surface area contributed by atoms with Crippen molar-refractivity contribution in [3.8, 4) is 0 Å². The van der Waals surface area contributed by atoms with Gasteiger partial charge < -0.3 is 9.80 Å². The van der Waals surface area contributed by atoms with Crippen LogP contribution in [0.1, 0.15) is 32.3 Å². The summed E-state index contributed by atoms with van der Waals surface area (Å²) in [5, 5.41) is 0.637. The van der Waals surface area contributed by atoms with Gasteiger partial charge in [0.05, 0.1) is 12.0 Å². The summed E-state index contributed by atoms with van der Waals surface area (Å²) in [5.41, 5.74) is 0.468. The number of benzene rings is 1. The van der Waals surface area contributed by atoms with Crippen LogP contribution in [0.3, 0.4) is 0 Å². The molecule has 0 aromatic heterocycles. The van der Waals surface area contributed by atoms with E-state index < -0.39 is 5.41 Å². The summed E-state index contributed by atoms with van der Waals surface area (Å²) in [5.74, 6) is -0.00184. The lowest BCUT2D eigenvalue weighted by atomic mass is 9.94. The molecule has 0 aliphatic heterocycles. The van der Waals surface area contributed by atoms with E-state index in [0.29, 0.717) is 18.1 Å². The lowest BCUT2D eigenvalue weighted by Gasteiger charge is -2.26. The zero-order valence-corrected chi connectivity index (χ0v) is 14.2. The van der Waals surface area contributed by atoms with Gasteiger partial charge in [0.1, 0.15) is 0 Å². The predicted octanol–water partition coefficient (Wildman–Crippen LogP) is 2.70. The fourth-order valence-corrected chi connectivity index (χ4v) is 3.04. The lowest BCUT2D eigenvalue weighted by Crippen LogP contribution is -2.44. The molecule has 0 spiro atoms. The van der Waals surface area contributed by atoms with E-state index in [9.17, 15) is 9.59 Å². The zero-order chi connectivity index (χ0) is 16.3. The molecule has 1 aliphatic carbocycles. The number of likely N-dealkylation sites (N-methyl/N-ethyl adjacent to an activating group) is 2. The van der Waals surface area contributed by atoms with E-state index in [1.54, 1.807) is 22.9 Å². The van der Waals surface area contributed by atoms with Gasteiger partial charge in [0.2, 0.25) is 11.8 Å². The van der Waals surface area contributed by atoms with E-state index in [4.69, 9.17) is 11.6 Å². The number of rotatable bonds is 6. The molecule has 4 nitrogen and oxygen atoms in total. The van der Waals surface area contributed by atoms with Gasteiger partial charge in [-0.05, 0) is 44.4 Å². The third kappa shape index (κ3) is 3.27. The van der Waals surface area contributed by atoms with Crippen molar-refractivity contribution in [1.29, 1.82) is 0 Å². The first-order valence-corrected chi connectivity index (χ1v) is 8.11. The number of amides is 2. The SMILES string of the molecule is CCN(CC)C(=O)CN(C)C(=O)C1(c2cccc(Cl)c2)CC1. The second-order valence-corrected chi connectivity index (χ2v) is 6.26. The molecule has 1 aromatic carbocycles. The smallest absolute Gasteiger partial charge is 0.242 e. The summed E-state index contributed by atoms with van der Waals surface area (Å²) >= 11 is 6.04. The molecular weight excluding hydrogens is 300 g/mol. The van der Waals surface area contributed by atoms with Crippen LogP contribution < -0.4 is 0 Å². The quantitative estimate of drug-likeness (QED) is 0.808. The summed E-state index contributed by atoms with van der Waals surface area (Å²) in [7, 11) is 1.70. The maximum atomic E-state index is 12.8. The van der Waals surface area contributed by atoms with E-state index in [-0.39, 0.29) is 18.4 Å². The summed E-state index contributed by atoms with van der Waals surface area (Å²) in [6, 6.07) is 7.47. The van der Waals surface area contributed by atoms with Crippen LogP contribution in [0.4, 0.5) is 0 Å². The average molecular weight is 323 g/mol. The second kappa shape index (κ2) is 6.69. The average Bonchev–Trinajstić information content (AvgIpc) is 3.29. The lowest BCUT2D eigenvalue weighted by molar-refractivity contribution is -0.140. The molecule has 1 fully saturated rings. The molecule has 0 bridgehead atoms. The maximum Gasteiger partial charge on any atom is 0.242 e. The molecule has 5 heteroatoms. The fraction of sp³-hybridized carbons (Fsp3) is 0.529. The van der Waals surface area contributed by atoms with Gasteiger partial charge in [-0.1, -0.05) is 23.7 Å². The van der Waals surface area contributed by atoms with Gasteiger partial charge in [0.25, 0.3) is 0 Å². The first-order chi connectivity index (χ1) is 10.4. The van der Waals surface area contributed by atoms with Gasteiger partial charge in [-0.15, -0.1) is 0 Å². The van der Waals surface area contributed by atoms with Gasteiger partial charge >= 0.3 is 0 Å². The van der Waals surface area contributed by atoms with E-state index in [0.717, 1.165) is 18.4 Å². The highest BCUT2D eigenvalue weighted by atomic mass is 35.5. The summed E-state index contributed by atoms with van der Waals surface area (Å²) < 4.78 is 0. The molecule has 2 rings (SSSR count). The van der Waals surface area contributed by atoms with E-state index in [2.05, 4.69) is 0 Å². The van der Waals surface area contributed by atoms with Gasteiger partial charge in [-0.25, -0.2) is 0 Å². The molecule has 0 unspecified atom stereocenters. The van der Waals surface area contributed by atoms with Gasteiger partial charge in [0.15, 0.2) is 0 Å². The van der Waals surface area contributed by atoms with Crippen LogP contribution in [0, 0.1) is 0 Å². The number of carbonyl (C=O) groups excluding carboxylic acids is 2. The van der Waals surface area contributed by atoms with Crippen LogP contribution in [0.25, 0.3) is 0 Å². The predicted molar refractivity (Wildman–Crippen MR) is 87.9 cm³/mol. The molecular formula is C17H23ClN2O2. The number of hydrogen-bond donors (Lipinski definition) is 0. The molecule has 0 N–H and O–H groups in total. The molecule has 1 saturated carbocycles. The minimum absolute atomic E-state index is 0.00951. The summed E-state index contributed by atoms with van der Waals surface area (Å²) in [4.78, 5) is 28.2. The van der Waals surface area contributed by atoms with Crippen molar-refractivity contribution < 1.29 is 9.59 Å². The highest BCUT2D eigenvalue weighted by Crippen LogP contribution is 2.49. The fourth-order valence-electron chi connectivity index (χ4n) is 2.85. The molecule has 0 atom stereocenters. The van der Waals surface area contributed by atoms with Crippen molar-refractivity contribution in [1.82, 2.24) is 9.80 Å². The second-order valence-electron chi connectivity index (χ2n) is 5.82. The van der Waals surface area contributed by atoms with Crippen molar-refractivity contribution in [2.45, 2.75) is 32.1 Å². The molecule has 0 radical (unpaired) electrons. The van der Waals surface area contributed by atoms with Crippen LogP contribution in [-0.2, 0) is 15.0 Å². The Labute approximate surface area is 137 Å². The van der Waals surface area contributed by atoms with Crippen LogP contribution in [0.2, 0.25) is 5.02 Å². The maximum absolute atomic E-state index is 12.8. The Bertz CT molecular complexity index is 566. The molecule has 0 saturated heterocycles. The van der Waals surface area contributed by atoms with Gasteiger partial charge in [-0.2, -0.15) is 0 Å². The number of halogens is 1. The highest BCUT2D eigenvalue weighted by Gasteiger charge is 2.52. The Morgan fingerprint density at radius 1 is 1.23 bits per heavy atom. The Hall–Kier alpha value is -1.55. The van der Waals surface area contributed by atoms with E-state index in [1.165, 1.54) is 0 Å². The Morgan fingerprint density at radius 3 is 2.36 bits per heavy atom. The Morgan fingerprint density at radius 2 is 1.86 bits per heavy atom. The molecule has 1 aromatic rings. The van der Waals surface area contributed by atoms with Crippen molar-refractivity contribution in [3.63, 3.8) is 0 Å². The normalized spacial score (nSPS) is 15.3. The third-order valence-corrected chi connectivity index (χ3v) is 4.61. The van der Waals surface area contributed by atoms with Crippen molar-refractivity contribution in [2.24, 2.45) is 0 Å². The van der Waals surface area contributed by atoms with E-state index in [1.807, 2.05) is 32.0 Å². The molecule has 0 heterocycles. The van der Waals surface area contributed by atoms with Crippen molar-refractivity contribution in [3.05, 3.63) is 34.9 Å². The first kappa shape index (κ1) is 16.8. The Balaban J connectivity index is 2.09. The van der Waals surface area contributed by atoms with Gasteiger partial charge in [0, 0.05) is 25.2 Å². The van der Waals surface area contributed by atoms with Crippen molar-refractivity contribution >= 4 is 23.4 Å². The minimum Gasteiger partial charge on any atom is -0.342 e. The summed E-state index contributed by atoms with van der Waals surface area (Å²) in [6.45, 7) is 5.34. The molecule has 120 valence electrons. The highest BCUT2D eigenvalue weighted by molar-refractivity contribution is 6.30. The van der Waals surface area contributed by atoms with Crippen LogP contribution in [0.15, 0.2) is 24.3 Å². The van der Waals surface area contributed by atoms with Crippen LogP contribution in [0.5, 0.6) is 0 Å². The number of carbonyl (C=O) groups is 2. The van der Waals surface area contributed by atoms with Crippen LogP contribution >= 0.6 is 11.6 Å². The molecule has 2 amide bonds. The minimum atomic E-state index is -0.483. The first-order valence-electron chi connectivity index (χ1n) is 7.74. The standard InChI is InChI=1S/C17H23ClN2O2/c1-4-20(5-2)15(21)12-19(3)16(22)17(9-10-17)13-7-6-8-14(18)11-13/h6-8,11H,4-5,9-10,12H2,1-3H3. The van der Waals surface area contributed by atoms with Gasteiger partial charge in [-0.3, -0.25) is 9.59 Å². The number of nitrogens with zero attached hydrogens (tertiary/aromatic N) is 2. The third-order valence-electron chi connectivity index (χ3n) is 4.37. The number of hydrogen-bond acceptors (Lipinski definition) is 2. The van der Waals surface area contributed by atoms with E-state index >= 15 is 0 Å². The van der Waals surface area contributed by atoms with Crippen LogP contribution in [-0.4, -0.2) is 48.3 Å². The van der Waals surface area contributed by atoms with Crippen molar-refractivity contribution in [2.75, 3.05) is 26.7 Å². The summed E-state index contributed by atoms with van der Waals surface area (Å²) in [6.07, 6.45) is 1.63. The topological polar surface area (TPSA) is 40.6 Å². The zero-order valence-electron chi connectivity index (χ0n) is 13.4. The monoisotopic (exact) mass is 322 g/mol.